The van der Waals surface area contributed by atoms with Crippen molar-refractivity contribution in [3.05, 3.63) is 17.5 Å². The highest BCUT2D eigenvalue weighted by molar-refractivity contribution is 7.14. The average Bonchev–Trinajstić information content (AvgIpc) is 3.19. The molecule has 0 saturated carbocycles. The van der Waals surface area contributed by atoms with E-state index >= 15 is 0 Å². The second-order valence-electron chi connectivity index (χ2n) is 7.17. The molecular formula is C17H27N3O2S. The van der Waals surface area contributed by atoms with Gasteiger partial charge in [0.05, 0.1) is 16.6 Å². The summed E-state index contributed by atoms with van der Waals surface area (Å²) in [6, 6.07) is 4.39. The predicted molar refractivity (Wildman–Crippen MR) is 94.1 cm³/mol. The number of amides is 2. The first-order valence-electron chi connectivity index (χ1n) is 8.53. The zero-order valence-corrected chi connectivity index (χ0v) is 14.8. The highest BCUT2D eigenvalue weighted by Crippen LogP contribution is 2.28. The number of nitrogens with one attached hydrogen (secondary N) is 1. The van der Waals surface area contributed by atoms with E-state index in [0.29, 0.717) is 0 Å². The lowest BCUT2D eigenvalue weighted by molar-refractivity contribution is 0.00935. The Morgan fingerprint density at radius 1 is 1.30 bits per heavy atom. The van der Waals surface area contributed by atoms with E-state index in [9.17, 15) is 9.90 Å². The van der Waals surface area contributed by atoms with Gasteiger partial charge < -0.3 is 20.2 Å². The molecule has 5 nitrogen and oxygen atoms in total. The summed E-state index contributed by atoms with van der Waals surface area (Å²) in [4.78, 5) is 16.8. The third-order valence-electron chi connectivity index (χ3n) is 4.97. The number of nitrogens with zero attached hydrogens (tertiary/aromatic N) is 2. The summed E-state index contributed by atoms with van der Waals surface area (Å²) in [5, 5.41) is 16.9. The van der Waals surface area contributed by atoms with Gasteiger partial charge in [-0.05, 0) is 57.0 Å². The van der Waals surface area contributed by atoms with Crippen LogP contribution in [0.2, 0.25) is 0 Å². The van der Waals surface area contributed by atoms with Crippen LogP contribution in [0, 0.1) is 0 Å². The number of rotatable bonds is 3. The van der Waals surface area contributed by atoms with Crippen LogP contribution in [0.3, 0.4) is 0 Å². The fourth-order valence-electron chi connectivity index (χ4n) is 3.70. The number of aliphatic hydroxyl groups is 1. The Labute approximate surface area is 142 Å². The van der Waals surface area contributed by atoms with Gasteiger partial charge in [0.25, 0.3) is 0 Å². The molecule has 3 rings (SSSR count). The first-order chi connectivity index (χ1) is 10.9. The number of carbonyl (C=O) groups is 1. The van der Waals surface area contributed by atoms with Gasteiger partial charge in [0.15, 0.2) is 0 Å². The van der Waals surface area contributed by atoms with Gasteiger partial charge in [0.2, 0.25) is 0 Å². The lowest BCUT2D eigenvalue weighted by atomic mass is 9.97. The lowest BCUT2D eigenvalue weighted by Crippen LogP contribution is -2.54. The molecule has 1 aromatic heterocycles. The van der Waals surface area contributed by atoms with E-state index in [0.717, 1.165) is 45.3 Å². The lowest BCUT2D eigenvalue weighted by Gasteiger charge is -2.37. The third kappa shape index (κ3) is 3.80. The molecule has 0 aliphatic carbocycles. The molecule has 0 unspecified atom stereocenters. The van der Waals surface area contributed by atoms with Crippen LogP contribution < -0.4 is 10.2 Å². The Balaban J connectivity index is 1.51. The highest BCUT2D eigenvalue weighted by atomic mass is 32.1. The molecule has 0 radical (unpaired) electrons. The van der Waals surface area contributed by atoms with E-state index in [1.165, 1.54) is 5.00 Å². The number of anilines is 1. The summed E-state index contributed by atoms with van der Waals surface area (Å²) < 4.78 is 0. The topological polar surface area (TPSA) is 55.8 Å². The second-order valence-corrected chi connectivity index (χ2v) is 8.09. The number of urea groups is 1. The van der Waals surface area contributed by atoms with Crippen LogP contribution in [0.1, 0.15) is 39.5 Å². The van der Waals surface area contributed by atoms with Gasteiger partial charge in [-0.25, -0.2) is 4.79 Å². The van der Waals surface area contributed by atoms with E-state index in [1.807, 2.05) is 4.90 Å². The van der Waals surface area contributed by atoms with E-state index in [2.05, 4.69) is 27.7 Å². The third-order valence-corrected chi connectivity index (χ3v) is 5.90. The molecule has 2 saturated heterocycles. The summed E-state index contributed by atoms with van der Waals surface area (Å²) in [5.74, 6) is 0. The van der Waals surface area contributed by atoms with Crippen molar-refractivity contribution >= 4 is 22.4 Å². The Morgan fingerprint density at radius 3 is 2.65 bits per heavy atom. The summed E-state index contributed by atoms with van der Waals surface area (Å²) in [5.41, 5.74) is -0.837. The fraction of sp³-hybridized carbons (Fsp3) is 0.706. The maximum atomic E-state index is 12.6. The maximum absolute atomic E-state index is 12.6. The quantitative estimate of drug-likeness (QED) is 0.891. The summed E-state index contributed by atoms with van der Waals surface area (Å²) in [7, 11) is 0. The van der Waals surface area contributed by atoms with Crippen LogP contribution in [-0.2, 0) is 0 Å². The van der Waals surface area contributed by atoms with Gasteiger partial charge in [-0.2, -0.15) is 0 Å². The van der Waals surface area contributed by atoms with Gasteiger partial charge >= 0.3 is 6.03 Å². The first-order valence-corrected chi connectivity index (χ1v) is 9.41. The van der Waals surface area contributed by atoms with Crippen molar-refractivity contribution in [3.63, 3.8) is 0 Å². The number of hydrogen-bond acceptors (Lipinski definition) is 4. The van der Waals surface area contributed by atoms with Crippen LogP contribution in [0.4, 0.5) is 9.80 Å². The van der Waals surface area contributed by atoms with E-state index in [1.54, 1.807) is 25.2 Å². The van der Waals surface area contributed by atoms with Crippen molar-refractivity contribution in [3.8, 4) is 0 Å². The zero-order chi connectivity index (χ0) is 16.4. The molecule has 3 heterocycles. The minimum atomic E-state index is -0.837. The minimum Gasteiger partial charge on any atom is -0.388 e. The van der Waals surface area contributed by atoms with Gasteiger partial charge in [-0.15, -0.1) is 11.3 Å². The van der Waals surface area contributed by atoms with Gasteiger partial charge in [-0.1, -0.05) is 0 Å². The SMILES string of the molecule is CC(C)(O)[C@@H]1CCCN1C(=O)NC1CCN(c2cccs2)CC1. The smallest absolute Gasteiger partial charge is 0.317 e. The monoisotopic (exact) mass is 337 g/mol. The van der Waals surface area contributed by atoms with Crippen molar-refractivity contribution < 1.29 is 9.90 Å². The van der Waals surface area contributed by atoms with Crippen LogP contribution in [-0.4, -0.2) is 53.4 Å². The molecule has 6 heteroatoms. The van der Waals surface area contributed by atoms with Crippen LogP contribution in [0.15, 0.2) is 17.5 Å². The molecule has 23 heavy (non-hydrogen) atoms. The average molecular weight is 337 g/mol. The number of thiophene rings is 1. The molecule has 2 amide bonds. The molecule has 2 aliphatic heterocycles. The number of hydrogen-bond donors (Lipinski definition) is 2. The molecular weight excluding hydrogens is 310 g/mol. The molecule has 1 atom stereocenters. The van der Waals surface area contributed by atoms with E-state index < -0.39 is 5.60 Å². The Hall–Kier alpha value is -1.27. The summed E-state index contributed by atoms with van der Waals surface area (Å²) >= 11 is 1.77. The van der Waals surface area contributed by atoms with Gasteiger partial charge in [-0.3, -0.25) is 0 Å². The molecule has 0 aromatic carbocycles. The Kier molecular flexibility index (Phi) is 4.82. The van der Waals surface area contributed by atoms with Crippen molar-refractivity contribution in [2.45, 2.75) is 57.2 Å². The van der Waals surface area contributed by atoms with E-state index in [4.69, 9.17) is 0 Å². The fourth-order valence-corrected chi connectivity index (χ4v) is 4.48. The Morgan fingerprint density at radius 2 is 2.04 bits per heavy atom. The largest absolute Gasteiger partial charge is 0.388 e. The second kappa shape index (κ2) is 6.69. The number of piperidine rings is 1. The van der Waals surface area contributed by atoms with Gasteiger partial charge in [0.1, 0.15) is 0 Å². The van der Waals surface area contributed by atoms with Crippen molar-refractivity contribution in [2.75, 3.05) is 24.5 Å². The van der Waals surface area contributed by atoms with Crippen molar-refractivity contribution in [2.24, 2.45) is 0 Å². The molecule has 1 aromatic rings. The zero-order valence-electron chi connectivity index (χ0n) is 14.0. The summed E-state index contributed by atoms with van der Waals surface area (Å²) in [6.07, 6.45) is 3.81. The molecule has 128 valence electrons. The minimum absolute atomic E-state index is 0.0100. The normalized spacial score (nSPS) is 23.3. The molecule has 0 spiro atoms. The molecule has 0 bridgehead atoms. The van der Waals surface area contributed by atoms with Crippen LogP contribution in [0.25, 0.3) is 0 Å². The number of carbonyl (C=O) groups excluding carboxylic acids is 1. The maximum Gasteiger partial charge on any atom is 0.317 e. The van der Waals surface area contributed by atoms with E-state index in [-0.39, 0.29) is 18.1 Å². The van der Waals surface area contributed by atoms with Crippen molar-refractivity contribution in [1.82, 2.24) is 10.2 Å². The van der Waals surface area contributed by atoms with Crippen LogP contribution in [0.5, 0.6) is 0 Å². The molecule has 2 aliphatic rings. The summed E-state index contributed by atoms with van der Waals surface area (Å²) in [6.45, 7) is 6.31. The predicted octanol–water partition coefficient (Wildman–Crippen LogP) is 2.66. The first kappa shape index (κ1) is 16.6. The van der Waals surface area contributed by atoms with Gasteiger partial charge in [0, 0.05) is 25.7 Å². The molecule has 2 N–H and O–H groups in total. The van der Waals surface area contributed by atoms with Crippen molar-refractivity contribution in [1.29, 1.82) is 0 Å². The standard InChI is InChI=1S/C17H27N3O2S/c1-17(2,22)14-5-3-9-20(14)16(21)18-13-7-10-19(11-8-13)15-6-4-12-23-15/h4,6,12-14,22H,3,5,7-11H2,1-2H3,(H,18,21)/t14-/m0/s1. The number of likely N-dealkylation sites (tertiary alicyclic amines) is 1. The van der Waals surface area contributed by atoms with Crippen LogP contribution >= 0.6 is 11.3 Å². The highest BCUT2D eigenvalue weighted by Gasteiger charge is 2.39. The Bertz CT molecular complexity index is 518. The molecule has 2 fully saturated rings.